The lowest BCUT2D eigenvalue weighted by atomic mass is 9.94. The first kappa shape index (κ1) is 13.3. The first-order valence-corrected chi connectivity index (χ1v) is 7.08. The number of likely N-dealkylation sites (tertiary alicyclic amines) is 1. The number of aromatic nitrogens is 1. The van der Waals surface area contributed by atoms with Crippen molar-refractivity contribution < 1.29 is 9.90 Å². The van der Waals surface area contributed by atoms with Crippen molar-refractivity contribution in [1.29, 1.82) is 0 Å². The lowest BCUT2D eigenvalue weighted by molar-refractivity contribution is 0.0702. The van der Waals surface area contributed by atoms with Gasteiger partial charge in [-0.1, -0.05) is 11.3 Å². The highest BCUT2D eigenvalue weighted by atomic mass is 32.1. The molecule has 0 spiro atoms. The van der Waals surface area contributed by atoms with Crippen LogP contribution in [0.5, 0.6) is 0 Å². The maximum Gasteiger partial charge on any atom is 0.347 e. The van der Waals surface area contributed by atoms with Crippen LogP contribution in [0.1, 0.15) is 28.9 Å². The number of piperidine rings is 1. The predicted octanol–water partition coefficient (Wildman–Crippen LogP) is 1.99. The Bertz CT molecular complexity index is 400. The summed E-state index contributed by atoms with van der Waals surface area (Å²) in [6, 6.07) is 0. The van der Waals surface area contributed by atoms with Gasteiger partial charge in [-0.25, -0.2) is 9.78 Å². The van der Waals surface area contributed by atoms with Crippen LogP contribution in [0, 0.1) is 5.92 Å². The average Bonchev–Trinajstić information content (AvgIpc) is 2.81. The zero-order valence-electron chi connectivity index (χ0n) is 10.6. The first-order chi connectivity index (χ1) is 8.65. The molecule has 0 atom stereocenters. The average molecular weight is 269 g/mol. The Morgan fingerprint density at radius 3 is 2.94 bits per heavy atom. The second kappa shape index (κ2) is 6.15. The number of carboxylic acids is 1. The van der Waals surface area contributed by atoms with E-state index in [1.165, 1.54) is 43.5 Å². The van der Waals surface area contributed by atoms with Crippen LogP contribution >= 0.6 is 11.3 Å². The minimum atomic E-state index is -0.907. The zero-order chi connectivity index (χ0) is 13.0. The first-order valence-electron chi connectivity index (χ1n) is 6.26. The summed E-state index contributed by atoms with van der Waals surface area (Å²) in [6.07, 6.45) is 5.06. The topological polar surface area (TPSA) is 65.5 Å². The number of rotatable bonds is 5. The molecule has 2 rings (SSSR count). The summed E-state index contributed by atoms with van der Waals surface area (Å²) in [5.74, 6) is -0.122. The van der Waals surface area contributed by atoms with E-state index in [0.29, 0.717) is 5.13 Å². The van der Waals surface area contributed by atoms with Gasteiger partial charge in [-0.05, 0) is 45.3 Å². The molecule has 0 amide bonds. The molecule has 100 valence electrons. The molecule has 0 aliphatic carbocycles. The molecule has 1 aliphatic rings. The molecule has 0 unspecified atom stereocenters. The Labute approximate surface area is 111 Å². The fourth-order valence-corrected chi connectivity index (χ4v) is 2.87. The molecule has 1 saturated heterocycles. The number of carboxylic acid groups (broad SMARTS) is 1. The molecule has 2 N–H and O–H groups in total. The van der Waals surface area contributed by atoms with Gasteiger partial charge in [0, 0.05) is 6.54 Å². The summed E-state index contributed by atoms with van der Waals surface area (Å²) in [5, 5.41) is 12.7. The van der Waals surface area contributed by atoms with Crippen molar-refractivity contribution >= 4 is 22.4 Å². The van der Waals surface area contributed by atoms with Crippen LogP contribution in [-0.2, 0) is 0 Å². The van der Waals surface area contributed by atoms with E-state index in [0.717, 1.165) is 18.9 Å². The number of thiazole rings is 1. The van der Waals surface area contributed by atoms with Crippen LogP contribution in [0.25, 0.3) is 0 Å². The molecule has 0 saturated carbocycles. The van der Waals surface area contributed by atoms with Crippen LogP contribution in [-0.4, -0.2) is 47.6 Å². The number of nitrogens with zero attached hydrogens (tertiary/aromatic N) is 2. The van der Waals surface area contributed by atoms with Gasteiger partial charge in [0.15, 0.2) is 5.13 Å². The highest BCUT2D eigenvalue weighted by Gasteiger charge is 2.16. The van der Waals surface area contributed by atoms with E-state index in [-0.39, 0.29) is 4.88 Å². The third-order valence-electron chi connectivity index (χ3n) is 3.38. The van der Waals surface area contributed by atoms with Gasteiger partial charge in [0.1, 0.15) is 4.88 Å². The largest absolute Gasteiger partial charge is 0.477 e. The normalized spacial score (nSPS) is 17.8. The van der Waals surface area contributed by atoms with E-state index < -0.39 is 5.97 Å². The van der Waals surface area contributed by atoms with Gasteiger partial charge in [-0.2, -0.15) is 0 Å². The maximum atomic E-state index is 10.7. The van der Waals surface area contributed by atoms with Gasteiger partial charge in [0.2, 0.25) is 0 Å². The Morgan fingerprint density at radius 1 is 1.61 bits per heavy atom. The van der Waals surface area contributed by atoms with Crippen LogP contribution < -0.4 is 5.32 Å². The quantitative estimate of drug-likeness (QED) is 0.855. The molecular weight excluding hydrogens is 250 g/mol. The number of hydrogen-bond donors (Lipinski definition) is 2. The molecule has 0 radical (unpaired) electrons. The Hall–Kier alpha value is -1.14. The van der Waals surface area contributed by atoms with Gasteiger partial charge in [-0.3, -0.25) is 0 Å². The summed E-state index contributed by atoms with van der Waals surface area (Å²) >= 11 is 1.20. The summed E-state index contributed by atoms with van der Waals surface area (Å²) < 4.78 is 0. The molecule has 1 aromatic heterocycles. The van der Waals surface area contributed by atoms with Crippen molar-refractivity contribution in [1.82, 2.24) is 9.88 Å². The summed E-state index contributed by atoms with van der Waals surface area (Å²) in [7, 11) is 2.16. The SMILES string of the molecule is CN1CCC(CCNc2ncc(C(=O)O)s2)CC1. The fraction of sp³-hybridized carbons (Fsp3) is 0.667. The third-order valence-corrected chi connectivity index (χ3v) is 4.33. The standard InChI is InChI=1S/C12H19N3O2S/c1-15-6-3-9(4-7-15)2-5-13-12-14-8-10(18-12)11(16)17/h8-9H,2-7H2,1H3,(H,13,14)(H,16,17). The molecule has 1 aliphatic heterocycles. The van der Waals surface area contributed by atoms with E-state index in [1.54, 1.807) is 0 Å². The predicted molar refractivity (Wildman–Crippen MR) is 72.4 cm³/mol. The third kappa shape index (κ3) is 3.68. The molecule has 0 bridgehead atoms. The Balaban J connectivity index is 1.70. The van der Waals surface area contributed by atoms with Gasteiger partial charge >= 0.3 is 5.97 Å². The lowest BCUT2D eigenvalue weighted by Crippen LogP contribution is -2.30. The fourth-order valence-electron chi connectivity index (χ4n) is 2.19. The number of nitrogens with one attached hydrogen (secondary N) is 1. The number of aromatic carboxylic acids is 1. The Kier molecular flexibility index (Phi) is 4.54. The van der Waals surface area contributed by atoms with E-state index in [2.05, 4.69) is 22.2 Å². The van der Waals surface area contributed by atoms with Crippen molar-refractivity contribution in [3.63, 3.8) is 0 Å². The minimum absolute atomic E-state index is 0.289. The van der Waals surface area contributed by atoms with Crippen molar-refractivity contribution in [2.75, 3.05) is 32.0 Å². The van der Waals surface area contributed by atoms with Crippen LogP contribution in [0.2, 0.25) is 0 Å². The number of hydrogen-bond acceptors (Lipinski definition) is 5. The molecule has 6 heteroatoms. The summed E-state index contributed by atoms with van der Waals surface area (Å²) in [5.41, 5.74) is 0. The highest BCUT2D eigenvalue weighted by Crippen LogP contribution is 2.21. The second-order valence-electron chi connectivity index (χ2n) is 4.80. The van der Waals surface area contributed by atoms with Gasteiger partial charge in [-0.15, -0.1) is 0 Å². The monoisotopic (exact) mass is 269 g/mol. The molecule has 2 heterocycles. The lowest BCUT2D eigenvalue weighted by Gasteiger charge is -2.28. The minimum Gasteiger partial charge on any atom is -0.477 e. The highest BCUT2D eigenvalue weighted by molar-refractivity contribution is 7.17. The smallest absolute Gasteiger partial charge is 0.347 e. The van der Waals surface area contributed by atoms with Crippen molar-refractivity contribution in [3.05, 3.63) is 11.1 Å². The van der Waals surface area contributed by atoms with Gasteiger partial charge < -0.3 is 15.3 Å². The van der Waals surface area contributed by atoms with Crippen molar-refractivity contribution in [3.8, 4) is 0 Å². The van der Waals surface area contributed by atoms with Crippen LogP contribution in [0.4, 0.5) is 5.13 Å². The summed E-state index contributed by atoms with van der Waals surface area (Å²) in [6.45, 7) is 3.25. The second-order valence-corrected chi connectivity index (χ2v) is 5.83. The van der Waals surface area contributed by atoms with Crippen LogP contribution in [0.3, 0.4) is 0 Å². The van der Waals surface area contributed by atoms with Crippen molar-refractivity contribution in [2.24, 2.45) is 5.92 Å². The summed E-state index contributed by atoms with van der Waals surface area (Å²) in [4.78, 5) is 17.4. The molecular formula is C12H19N3O2S. The van der Waals surface area contributed by atoms with E-state index >= 15 is 0 Å². The van der Waals surface area contributed by atoms with E-state index in [9.17, 15) is 4.79 Å². The van der Waals surface area contributed by atoms with Gasteiger partial charge in [0.05, 0.1) is 6.20 Å². The van der Waals surface area contributed by atoms with E-state index in [4.69, 9.17) is 5.11 Å². The number of anilines is 1. The Morgan fingerprint density at radius 2 is 2.33 bits per heavy atom. The maximum absolute atomic E-state index is 10.7. The van der Waals surface area contributed by atoms with Crippen molar-refractivity contribution in [2.45, 2.75) is 19.3 Å². The molecule has 1 aromatic rings. The molecule has 1 fully saturated rings. The van der Waals surface area contributed by atoms with Gasteiger partial charge in [0.25, 0.3) is 0 Å². The molecule has 0 aromatic carbocycles. The molecule has 5 nitrogen and oxygen atoms in total. The molecule has 18 heavy (non-hydrogen) atoms. The van der Waals surface area contributed by atoms with Crippen LogP contribution in [0.15, 0.2) is 6.20 Å². The zero-order valence-corrected chi connectivity index (χ0v) is 11.4. The van der Waals surface area contributed by atoms with E-state index in [1.807, 2.05) is 0 Å². The number of carbonyl (C=O) groups is 1.